The molecule has 0 aromatic heterocycles. The summed E-state index contributed by atoms with van der Waals surface area (Å²) in [7, 11) is 1.59. The lowest BCUT2D eigenvalue weighted by molar-refractivity contribution is -0.202. The van der Waals surface area contributed by atoms with Gasteiger partial charge in [-0.1, -0.05) is 30.3 Å². The van der Waals surface area contributed by atoms with Crippen molar-refractivity contribution in [2.24, 2.45) is 0 Å². The molecule has 2 amide bonds. The van der Waals surface area contributed by atoms with Gasteiger partial charge < -0.3 is 24.6 Å². The van der Waals surface area contributed by atoms with Gasteiger partial charge in [-0.25, -0.2) is 9.59 Å². The first kappa shape index (κ1) is 25.4. The Morgan fingerprint density at radius 2 is 1.86 bits per heavy atom. The van der Waals surface area contributed by atoms with E-state index in [9.17, 15) is 24.6 Å². The highest BCUT2D eigenvalue weighted by Gasteiger charge is 2.60. The summed E-state index contributed by atoms with van der Waals surface area (Å²) in [4.78, 5) is 43.2. The SMILES string of the molecule is CCOC(C(=O)O)N(C)CC12CN(C(=O)O)CC(=O)N1CC1(CCN(Cc3ccccc3)CC1)O2. The number of carbonyl (C=O) groups excluding carboxylic acids is 1. The molecular formula is C24H34N4O7. The minimum Gasteiger partial charge on any atom is -0.478 e. The van der Waals surface area contributed by atoms with Gasteiger partial charge in [0.25, 0.3) is 0 Å². The van der Waals surface area contributed by atoms with E-state index in [4.69, 9.17) is 9.47 Å². The van der Waals surface area contributed by atoms with Crippen molar-refractivity contribution in [2.75, 3.05) is 52.9 Å². The van der Waals surface area contributed by atoms with Gasteiger partial charge in [-0.2, -0.15) is 0 Å². The van der Waals surface area contributed by atoms with Crippen molar-refractivity contribution in [2.45, 2.75) is 43.9 Å². The second-order valence-electron chi connectivity index (χ2n) is 9.67. The van der Waals surface area contributed by atoms with Gasteiger partial charge in [0, 0.05) is 26.2 Å². The summed E-state index contributed by atoms with van der Waals surface area (Å²) in [6, 6.07) is 10.2. The zero-order chi connectivity index (χ0) is 25.2. The zero-order valence-corrected chi connectivity index (χ0v) is 20.3. The van der Waals surface area contributed by atoms with Crippen LogP contribution < -0.4 is 0 Å². The van der Waals surface area contributed by atoms with Crippen molar-refractivity contribution in [1.29, 1.82) is 0 Å². The monoisotopic (exact) mass is 490 g/mol. The number of hydrogen-bond donors (Lipinski definition) is 2. The number of hydrogen-bond acceptors (Lipinski definition) is 7. The van der Waals surface area contributed by atoms with Crippen LogP contribution in [0.2, 0.25) is 0 Å². The molecule has 35 heavy (non-hydrogen) atoms. The Kier molecular flexibility index (Phi) is 7.32. The third kappa shape index (κ3) is 5.27. The fourth-order valence-electron chi connectivity index (χ4n) is 5.50. The van der Waals surface area contributed by atoms with Gasteiger partial charge in [0.2, 0.25) is 12.1 Å². The number of piperidine rings is 1. The number of carboxylic acid groups (broad SMARTS) is 2. The third-order valence-electron chi connectivity index (χ3n) is 7.13. The first-order valence-electron chi connectivity index (χ1n) is 12.0. The Labute approximate surface area is 204 Å². The summed E-state index contributed by atoms with van der Waals surface area (Å²) in [5, 5.41) is 19.3. The first-order chi connectivity index (χ1) is 16.7. The summed E-state index contributed by atoms with van der Waals surface area (Å²) in [5.41, 5.74) is -0.661. The first-order valence-corrected chi connectivity index (χ1v) is 12.0. The number of fused-ring (bicyclic) bond motifs is 1. The zero-order valence-electron chi connectivity index (χ0n) is 20.3. The maximum Gasteiger partial charge on any atom is 0.407 e. The number of likely N-dealkylation sites (tertiary alicyclic amines) is 1. The minimum atomic E-state index is -1.28. The average Bonchev–Trinajstić information content (AvgIpc) is 3.13. The van der Waals surface area contributed by atoms with E-state index in [0.29, 0.717) is 19.4 Å². The lowest BCUT2D eigenvalue weighted by Gasteiger charge is -2.46. The quantitative estimate of drug-likeness (QED) is 0.513. The van der Waals surface area contributed by atoms with Crippen LogP contribution in [0.15, 0.2) is 30.3 Å². The molecule has 3 heterocycles. The van der Waals surface area contributed by atoms with E-state index >= 15 is 0 Å². The fourth-order valence-corrected chi connectivity index (χ4v) is 5.50. The molecule has 3 saturated heterocycles. The number of likely N-dealkylation sites (N-methyl/N-ethyl adjacent to an activating group) is 1. The van der Waals surface area contributed by atoms with E-state index in [1.165, 1.54) is 10.5 Å². The standard InChI is InChI=1S/C24H34N4O7/c1-3-34-20(21(30)31)25(2)16-24-17-27(22(32)33)14-19(29)28(24)15-23(35-24)9-11-26(12-10-23)13-18-7-5-4-6-8-18/h4-8,20H,3,9-17H2,1-2H3,(H,30,31)(H,32,33). The van der Waals surface area contributed by atoms with Gasteiger partial charge in [0.1, 0.15) is 6.54 Å². The molecule has 2 atom stereocenters. The van der Waals surface area contributed by atoms with Crippen molar-refractivity contribution in [3.05, 3.63) is 35.9 Å². The third-order valence-corrected chi connectivity index (χ3v) is 7.13. The number of piperazine rings is 1. The maximum absolute atomic E-state index is 13.1. The number of nitrogens with zero attached hydrogens (tertiary/aromatic N) is 4. The maximum atomic E-state index is 13.1. The highest BCUT2D eigenvalue weighted by atomic mass is 16.6. The number of ether oxygens (including phenoxy) is 2. The van der Waals surface area contributed by atoms with E-state index in [0.717, 1.165) is 24.5 Å². The van der Waals surface area contributed by atoms with Gasteiger partial charge >= 0.3 is 12.1 Å². The Morgan fingerprint density at radius 1 is 1.17 bits per heavy atom. The Balaban J connectivity index is 1.54. The Hall–Kier alpha value is -2.73. The molecular weight excluding hydrogens is 456 g/mol. The van der Waals surface area contributed by atoms with E-state index in [-0.39, 0.29) is 32.1 Å². The van der Waals surface area contributed by atoms with Gasteiger partial charge in [-0.05, 0) is 32.4 Å². The van der Waals surface area contributed by atoms with Crippen LogP contribution >= 0.6 is 0 Å². The van der Waals surface area contributed by atoms with E-state index in [1.54, 1.807) is 18.9 Å². The normalized spacial score (nSPS) is 25.2. The molecule has 0 aliphatic carbocycles. The molecule has 3 aliphatic rings. The van der Waals surface area contributed by atoms with Crippen LogP contribution in [0.25, 0.3) is 0 Å². The lowest BCUT2D eigenvalue weighted by atomic mass is 9.91. The fraction of sp³-hybridized carbons (Fsp3) is 0.625. The molecule has 11 heteroatoms. The topological polar surface area (TPSA) is 123 Å². The second kappa shape index (κ2) is 10.1. The van der Waals surface area contributed by atoms with Gasteiger partial charge in [0.05, 0.1) is 25.2 Å². The molecule has 11 nitrogen and oxygen atoms in total. The summed E-state index contributed by atoms with van der Waals surface area (Å²) < 4.78 is 12.1. The number of rotatable bonds is 8. The molecule has 2 unspecified atom stereocenters. The van der Waals surface area contributed by atoms with Crippen molar-refractivity contribution in [1.82, 2.24) is 19.6 Å². The summed E-state index contributed by atoms with van der Waals surface area (Å²) in [5.74, 6) is -1.49. The number of aliphatic carboxylic acids is 1. The molecule has 4 rings (SSSR count). The summed E-state index contributed by atoms with van der Waals surface area (Å²) >= 11 is 0. The molecule has 1 aromatic rings. The predicted molar refractivity (Wildman–Crippen MR) is 124 cm³/mol. The molecule has 1 spiro atoms. The lowest BCUT2D eigenvalue weighted by Crippen LogP contribution is -2.67. The molecule has 3 fully saturated rings. The van der Waals surface area contributed by atoms with Crippen LogP contribution in [-0.4, -0.2) is 118 Å². The van der Waals surface area contributed by atoms with E-state index < -0.39 is 29.6 Å². The van der Waals surface area contributed by atoms with Crippen LogP contribution in [0.5, 0.6) is 0 Å². The molecule has 192 valence electrons. The highest BCUT2D eigenvalue weighted by Crippen LogP contribution is 2.43. The smallest absolute Gasteiger partial charge is 0.407 e. The molecule has 0 saturated carbocycles. The summed E-state index contributed by atoms with van der Waals surface area (Å²) in [6.07, 6.45) is -1.06. The van der Waals surface area contributed by atoms with Crippen LogP contribution in [0.1, 0.15) is 25.3 Å². The second-order valence-corrected chi connectivity index (χ2v) is 9.67. The number of carbonyl (C=O) groups is 3. The van der Waals surface area contributed by atoms with Crippen LogP contribution in [0.3, 0.4) is 0 Å². The van der Waals surface area contributed by atoms with Gasteiger partial charge in [-0.3, -0.25) is 19.5 Å². The van der Waals surface area contributed by atoms with Crippen LogP contribution in [0, 0.1) is 0 Å². The molecule has 0 radical (unpaired) electrons. The molecule has 3 aliphatic heterocycles. The Bertz CT molecular complexity index is 937. The average molecular weight is 491 g/mol. The van der Waals surface area contributed by atoms with E-state index in [2.05, 4.69) is 17.0 Å². The number of amides is 2. The molecule has 1 aromatic carbocycles. The van der Waals surface area contributed by atoms with Crippen molar-refractivity contribution in [3.8, 4) is 0 Å². The van der Waals surface area contributed by atoms with Crippen molar-refractivity contribution < 1.29 is 34.1 Å². The highest BCUT2D eigenvalue weighted by molar-refractivity contribution is 5.84. The number of carboxylic acids is 1. The van der Waals surface area contributed by atoms with Crippen molar-refractivity contribution >= 4 is 18.0 Å². The largest absolute Gasteiger partial charge is 0.478 e. The minimum absolute atomic E-state index is 0.00890. The van der Waals surface area contributed by atoms with Crippen LogP contribution in [0.4, 0.5) is 4.79 Å². The summed E-state index contributed by atoms with van der Waals surface area (Å²) in [6.45, 7) is 4.36. The van der Waals surface area contributed by atoms with Gasteiger partial charge in [0.15, 0.2) is 5.72 Å². The molecule has 0 bridgehead atoms. The predicted octanol–water partition coefficient (Wildman–Crippen LogP) is 0.949. The van der Waals surface area contributed by atoms with E-state index in [1.807, 2.05) is 18.2 Å². The Morgan fingerprint density at radius 3 is 2.46 bits per heavy atom. The van der Waals surface area contributed by atoms with Gasteiger partial charge in [-0.15, -0.1) is 0 Å². The van der Waals surface area contributed by atoms with Crippen molar-refractivity contribution in [3.63, 3.8) is 0 Å². The van der Waals surface area contributed by atoms with Crippen LogP contribution in [-0.2, 0) is 25.6 Å². The number of benzene rings is 1. The molecule has 2 N–H and O–H groups in total.